The van der Waals surface area contributed by atoms with E-state index in [4.69, 9.17) is 11.6 Å². The standard InChI is InChI=1S/C13H18ClN5/c1-3-4-11-12(14)16-9-17-13(11)15-7-5-10-6-8-18-19(10)2/h6,8-9H,3-5,7H2,1-2H3,(H,15,16,17). The van der Waals surface area contributed by atoms with Crippen LogP contribution in [-0.4, -0.2) is 26.3 Å². The van der Waals surface area contributed by atoms with Gasteiger partial charge in [0.2, 0.25) is 0 Å². The highest BCUT2D eigenvalue weighted by atomic mass is 35.5. The molecule has 0 atom stereocenters. The van der Waals surface area contributed by atoms with Crippen molar-refractivity contribution in [1.29, 1.82) is 0 Å². The lowest BCUT2D eigenvalue weighted by atomic mass is 10.2. The van der Waals surface area contributed by atoms with Gasteiger partial charge < -0.3 is 5.32 Å². The number of hydrogen-bond acceptors (Lipinski definition) is 4. The first kappa shape index (κ1) is 13.8. The first-order valence-electron chi connectivity index (χ1n) is 6.42. The second-order valence-corrected chi connectivity index (χ2v) is 4.72. The Kier molecular flexibility index (Phi) is 4.74. The summed E-state index contributed by atoms with van der Waals surface area (Å²) in [5.74, 6) is 0.837. The number of hydrogen-bond donors (Lipinski definition) is 1. The number of nitrogens with zero attached hydrogens (tertiary/aromatic N) is 4. The maximum absolute atomic E-state index is 6.11. The SMILES string of the molecule is CCCc1c(Cl)ncnc1NCCc1ccnn1C. The molecule has 0 bridgehead atoms. The largest absolute Gasteiger partial charge is 0.369 e. The van der Waals surface area contributed by atoms with Gasteiger partial charge in [-0.3, -0.25) is 4.68 Å². The Bertz CT molecular complexity index is 538. The second-order valence-electron chi connectivity index (χ2n) is 4.36. The van der Waals surface area contributed by atoms with Gasteiger partial charge in [0, 0.05) is 37.5 Å². The van der Waals surface area contributed by atoms with E-state index in [0.717, 1.165) is 37.2 Å². The molecule has 0 fully saturated rings. The Balaban J connectivity index is 1.99. The molecule has 0 aliphatic rings. The molecule has 0 saturated heterocycles. The topological polar surface area (TPSA) is 55.6 Å². The molecule has 6 heteroatoms. The van der Waals surface area contributed by atoms with Crippen molar-refractivity contribution in [1.82, 2.24) is 19.7 Å². The number of nitrogens with one attached hydrogen (secondary N) is 1. The van der Waals surface area contributed by atoms with E-state index in [1.165, 1.54) is 12.0 Å². The third kappa shape index (κ3) is 3.44. The zero-order chi connectivity index (χ0) is 13.7. The van der Waals surface area contributed by atoms with E-state index in [1.807, 2.05) is 17.8 Å². The van der Waals surface area contributed by atoms with E-state index >= 15 is 0 Å². The molecule has 0 unspecified atom stereocenters. The second kappa shape index (κ2) is 6.52. The number of rotatable bonds is 6. The molecule has 2 aromatic heterocycles. The highest BCUT2D eigenvalue weighted by Gasteiger charge is 2.08. The molecular weight excluding hydrogens is 262 g/mol. The predicted molar refractivity (Wildman–Crippen MR) is 76.4 cm³/mol. The molecule has 5 nitrogen and oxygen atoms in total. The van der Waals surface area contributed by atoms with Crippen LogP contribution in [0.1, 0.15) is 24.6 Å². The fourth-order valence-electron chi connectivity index (χ4n) is 1.97. The Labute approximate surface area is 118 Å². The molecule has 19 heavy (non-hydrogen) atoms. The molecule has 0 spiro atoms. The molecular formula is C13H18ClN5. The van der Waals surface area contributed by atoms with Crippen LogP contribution in [0.5, 0.6) is 0 Å². The maximum atomic E-state index is 6.11. The Hall–Kier alpha value is -1.62. The Morgan fingerprint density at radius 3 is 2.84 bits per heavy atom. The zero-order valence-corrected chi connectivity index (χ0v) is 12.0. The number of anilines is 1. The lowest BCUT2D eigenvalue weighted by Gasteiger charge is -2.11. The summed E-state index contributed by atoms with van der Waals surface area (Å²) < 4.78 is 1.88. The minimum absolute atomic E-state index is 0.542. The molecule has 0 radical (unpaired) electrons. The molecule has 0 aliphatic carbocycles. The van der Waals surface area contributed by atoms with E-state index in [-0.39, 0.29) is 0 Å². The van der Waals surface area contributed by atoms with Gasteiger partial charge in [-0.15, -0.1) is 0 Å². The minimum Gasteiger partial charge on any atom is -0.369 e. The van der Waals surface area contributed by atoms with E-state index in [9.17, 15) is 0 Å². The van der Waals surface area contributed by atoms with Crippen LogP contribution in [0.3, 0.4) is 0 Å². The van der Waals surface area contributed by atoms with Crippen molar-refractivity contribution in [2.75, 3.05) is 11.9 Å². The fourth-order valence-corrected chi connectivity index (χ4v) is 2.20. The van der Waals surface area contributed by atoms with Gasteiger partial charge in [-0.05, 0) is 12.5 Å². The van der Waals surface area contributed by atoms with Gasteiger partial charge in [0.1, 0.15) is 17.3 Å². The molecule has 0 amide bonds. The van der Waals surface area contributed by atoms with Gasteiger partial charge in [-0.25, -0.2) is 9.97 Å². The quantitative estimate of drug-likeness (QED) is 0.826. The average molecular weight is 280 g/mol. The van der Waals surface area contributed by atoms with Crippen molar-refractivity contribution in [2.24, 2.45) is 7.05 Å². The summed E-state index contributed by atoms with van der Waals surface area (Å²) in [6.45, 7) is 2.91. The van der Waals surface area contributed by atoms with E-state index in [1.54, 1.807) is 6.20 Å². The number of halogens is 1. The zero-order valence-electron chi connectivity index (χ0n) is 11.2. The van der Waals surface area contributed by atoms with Gasteiger partial charge in [0.05, 0.1) is 0 Å². The Morgan fingerprint density at radius 1 is 1.32 bits per heavy atom. The van der Waals surface area contributed by atoms with Gasteiger partial charge in [-0.2, -0.15) is 5.10 Å². The number of aryl methyl sites for hydroxylation is 1. The van der Waals surface area contributed by atoms with Crippen LogP contribution < -0.4 is 5.32 Å². The molecule has 2 rings (SSSR count). The average Bonchev–Trinajstić information content (AvgIpc) is 2.79. The van der Waals surface area contributed by atoms with E-state index in [0.29, 0.717) is 5.15 Å². The van der Waals surface area contributed by atoms with Crippen molar-refractivity contribution < 1.29 is 0 Å². The summed E-state index contributed by atoms with van der Waals surface area (Å²) in [6, 6.07) is 2.02. The highest BCUT2D eigenvalue weighted by Crippen LogP contribution is 2.21. The van der Waals surface area contributed by atoms with Crippen molar-refractivity contribution in [3.8, 4) is 0 Å². The highest BCUT2D eigenvalue weighted by molar-refractivity contribution is 6.30. The Morgan fingerprint density at radius 2 is 2.16 bits per heavy atom. The van der Waals surface area contributed by atoms with Gasteiger partial charge >= 0.3 is 0 Å². The van der Waals surface area contributed by atoms with Crippen molar-refractivity contribution in [2.45, 2.75) is 26.2 Å². The van der Waals surface area contributed by atoms with Gasteiger partial charge in [0.15, 0.2) is 0 Å². The lowest BCUT2D eigenvalue weighted by Crippen LogP contribution is -2.11. The maximum Gasteiger partial charge on any atom is 0.137 e. The van der Waals surface area contributed by atoms with E-state index < -0.39 is 0 Å². The summed E-state index contributed by atoms with van der Waals surface area (Å²) in [7, 11) is 1.94. The van der Waals surface area contributed by atoms with Crippen LogP contribution in [0.4, 0.5) is 5.82 Å². The first-order chi connectivity index (χ1) is 9.22. The van der Waals surface area contributed by atoms with Crippen LogP contribution >= 0.6 is 11.6 Å². The summed E-state index contributed by atoms with van der Waals surface area (Å²) in [4.78, 5) is 8.30. The van der Waals surface area contributed by atoms with Crippen molar-refractivity contribution in [3.63, 3.8) is 0 Å². The normalized spacial score (nSPS) is 10.7. The summed E-state index contributed by atoms with van der Waals surface area (Å²) in [5.41, 5.74) is 2.18. The van der Waals surface area contributed by atoms with Gasteiger partial charge in [0.25, 0.3) is 0 Å². The first-order valence-corrected chi connectivity index (χ1v) is 6.80. The van der Waals surface area contributed by atoms with Crippen LogP contribution in [0.25, 0.3) is 0 Å². The smallest absolute Gasteiger partial charge is 0.137 e. The molecule has 0 aliphatic heterocycles. The fraction of sp³-hybridized carbons (Fsp3) is 0.462. The number of aromatic nitrogens is 4. The van der Waals surface area contributed by atoms with Crippen molar-refractivity contribution in [3.05, 3.63) is 35.0 Å². The van der Waals surface area contributed by atoms with Crippen LogP contribution in [-0.2, 0) is 19.9 Å². The molecule has 2 aromatic rings. The predicted octanol–water partition coefficient (Wildman–Crippen LogP) is 2.47. The lowest BCUT2D eigenvalue weighted by molar-refractivity contribution is 0.710. The van der Waals surface area contributed by atoms with Crippen LogP contribution in [0, 0.1) is 0 Å². The van der Waals surface area contributed by atoms with Crippen LogP contribution in [0.15, 0.2) is 18.6 Å². The molecule has 0 aromatic carbocycles. The third-order valence-electron chi connectivity index (χ3n) is 2.99. The van der Waals surface area contributed by atoms with Gasteiger partial charge in [-0.1, -0.05) is 24.9 Å². The summed E-state index contributed by atoms with van der Waals surface area (Å²) in [6.07, 6.45) is 6.09. The summed E-state index contributed by atoms with van der Waals surface area (Å²) >= 11 is 6.11. The van der Waals surface area contributed by atoms with E-state index in [2.05, 4.69) is 27.3 Å². The third-order valence-corrected chi connectivity index (χ3v) is 3.31. The van der Waals surface area contributed by atoms with Crippen molar-refractivity contribution >= 4 is 17.4 Å². The molecule has 1 N–H and O–H groups in total. The minimum atomic E-state index is 0.542. The monoisotopic (exact) mass is 279 g/mol. The van der Waals surface area contributed by atoms with Crippen LogP contribution in [0.2, 0.25) is 5.15 Å². The molecule has 102 valence electrons. The molecule has 2 heterocycles. The summed E-state index contributed by atoms with van der Waals surface area (Å²) in [5, 5.41) is 8.01. The molecule has 0 saturated carbocycles.